The Morgan fingerprint density at radius 3 is 2.88 bits per heavy atom. The van der Waals surface area contributed by atoms with Crippen LogP contribution in [-0.2, 0) is 13.5 Å². The molecule has 1 saturated carbocycles. The van der Waals surface area contributed by atoms with Crippen molar-refractivity contribution in [1.29, 1.82) is 0 Å². The van der Waals surface area contributed by atoms with Gasteiger partial charge in [-0.15, -0.1) is 0 Å². The second kappa shape index (κ2) is 3.76. The van der Waals surface area contributed by atoms with Gasteiger partial charge < -0.3 is 10.3 Å². The fourth-order valence-electron chi connectivity index (χ4n) is 2.46. The van der Waals surface area contributed by atoms with Crippen LogP contribution in [0.2, 0.25) is 5.02 Å². The minimum absolute atomic E-state index is 0.115. The van der Waals surface area contributed by atoms with Crippen molar-refractivity contribution >= 4 is 22.5 Å². The Balaban J connectivity index is 1.97. The molecular formula is C14H17ClN2. The lowest BCUT2D eigenvalue weighted by Crippen LogP contribution is -2.22. The Kier molecular flexibility index (Phi) is 2.46. The van der Waals surface area contributed by atoms with Crippen LogP contribution < -0.4 is 5.73 Å². The fourth-order valence-corrected chi connectivity index (χ4v) is 2.83. The van der Waals surface area contributed by atoms with Gasteiger partial charge in [-0.25, -0.2) is 0 Å². The van der Waals surface area contributed by atoms with Crippen molar-refractivity contribution in [1.82, 2.24) is 4.57 Å². The largest absolute Gasteiger partial charge is 0.349 e. The minimum atomic E-state index is 0.115. The lowest BCUT2D eigenvalue weighted by Gasteiger charge is -2.09. The Hall–Kier alpha value is -0.990. The second-order valence-corrected chi connectivity index (χ2v) is 5.67. The van der Waals surface area contributed by atoms with Gasteiger partial charge in [0.1, 0.15) is 0 Å². The van der Waals surface area contributed by atoms with E-state index in [4.69, 9.17) is 17.3 Å². The van der Waals surface area contributed by atoms with Gasteiger partial charge in [-0.05, 0) is 37.3 Å². The van der Waals surface area contributed by atoms with Crippen LogP contribution in [0.15, 0.2) is 24.4 Å². The van der Waals surface area contributed by atoms with Gasteiger partial charge in [-0.3, -0.25) is 0 Å². The van der Waals surface area contributed by atoms with Crippen LogP contribution in [0.1, 0.15) is 24.8 Å². The Labute approximate surface area is 106 Å². The van der Waals surface area contributed by atoms with Gasteiger partial charge in [0.15, 0.2) is 0 Å². The molecule has 2 aromatic rings. The molecule has 3 heteroatoms. The van der Waals surface area contributed by atoms with Gasteiger partial charge in [0.25, 0.3) is 0 Å². The van der Waals surface area contributed by atoms with E-state index in [0.717, 1.165) is 17.9 Å². The average Bonchev–Trinajstić information content (AvgIpc) is 2.97. The molecule has 0 saturated heterocycles. The highest BCUT2D eigenvalue weighted by Crippen LogP contribution is 2.38. The molecule has 3 rings (SSSR count). The first-order valence-electron chi connectivity index (χ1n) is 6.10. The molecule has 90 valence electrons. The zero-order valence-corrected chi connectivity index (χ0v) is 10.8. The highest BCUT2D eigenvalue weighted by molar-refractivity contribution is 6.35. The van der Waals surface area contributed by atoms with Crippen molar-refractivity contribution in [2.45, 2.75) is 31.2 Å². The minimum Gasteiger partial charge on any atom is -0.349 e. The SMILES string of the molecule is Cn1cc(Cl)c2c(CCC3(N)CC3)cccc21. The van der Waals surface area contributed by atoms with Gasteiger partial charge in [0.2, 0.25) is 0 Å². The Bertz CT molecular complexity index is 567. The van der Waals surface area contributed by atoms with E-state index >= 15 is 0 Å². The molecule has 0 bridgehead atoms. The standard InChI is InChI=1S/C14H17ClN2/c1-17-9-11(15)13-10(3-2-4-12(13)17)5-6-14(16)7-8-14/h2-4,9H,5-8,16H2,1H3. The summed E-state index contributed by atoms with van der Waals surface area (Å²) in [6, 6.07) is 6.38. The molecule has 0 aliphatic heterocycles. The molecule has 0 spiro atoms. The first kappa shape index (κ1) is 11.1. The maximum absolute atomic E-state index is 6.30. The third kappa shape index (κ3) is 1.96. The summed E-state index contributed by atoms with van der Waals surface area (Å²) in [4.78, 5) is 0. The molecule has 0 radical (unpaired) electrons. The number of halogens is 1. The van der Waals surface area contributed by atoms with Crippen molar-refractivity contribution in [2.24, 2.45) is 12.8 Å². The summed E-state index contributed by atoms with van der Waals surface area (Å²) in [6.07, 6.45) is 6.41. The summed E-state index contributed by atoms with van der Waals surface area (Å²) in [5.74, 6) is 0. The van der Waals surface area contributed by atoms with Gasteiger partial charge in [-0.1, -0.05) is 23.7 Å². The molecule has 1 heterocycles. The van der Waals surface area contributed by atoms with E-state index in [0.29, 0.717) is 0 Å². The maximum Gasteiger partial charge on any atom is 0.0664 e. The maximum atomic E-state index is 6.30. The number of nitrogens with zero attached hydrogens (tertiary/aromatic N) is 1. The summed E-state index contributed by atoms with van der Waals surface area (Å²) >= 11 is 6.30. The van der Waals surface area contributed by atoms with E-state index in [1.165, 1.54) is 29.3 Å². The third-order valence-corrected chi connectivity index (χ3v) is 4.13. The predicted octanol–water partition coefficient (Wildman–Crippen LogP) is 3.26. The molecule has 2 nitrogen and oxygen atoms in total. The van der Waals surface area contributed by atoms with Crippen molar-refractivity contribution in [3.8, 4) is 0 Å². The zero-order valence-electron chi connectivity index (χ0n) is 10.0. The summed E-state index contributed by atoms with van der Waals surface area (Å²) < 4.78 is 2.08. The molecule has 0 amide bonds. The van der Waals surface area contributed by atoms with E-state index in [1.54, 1.807) is 0 Å². The topological polar surface area (TPSA) is 30.9 Å². The van der Waals surface area contributed by atoms with Crippen LogP contribution >= 0.6 is 11.6 Å². The normalized spacial score (nSPS) is 17.6. The molecule has 1 aliphatic rings. The monoisotopic (exact) mass is 248 g/mol. The smallest absolute Gasteiger partial charge is 0.0664 e. The molecule has 1 fully saturated rings. The number of hydrogen-bond donors (Lipinski definition) is 1. The van der Waals surface area contributed by atoms with E-state index in [1.807, 2.05) is 13.2 Å². The molecule has 0 unspecified atom stereocenters. The molecule has 1 aromatic carbocycles. The van der Waals surface area contributed by atoms with Crippen molar-refractivity contribution in [3.05, 3.63) is 35.0 Å². The lowest BCUT2D eigenvalue weighted by molar-refractivity contribution is 0.610. The summed E-state index contributed by atoms with van der Waals surface area (Å²) in [5, 5.41) is 2.04. The lowest BCUT2D eigenvalue weighted by atomic mass is 10.0. The van der Waals surface area contributed by atoms with Crippen LogP contribution in [0.25, 0.3) is 10.9 Å². The Morgan fingerprint density at radius 1 is 1.41 bits per heavy atom. The number of hydrogen-bond acceptors (Lipinski definition) is 1. The van der Waals surface area contributed by atoms with E-state index in [2.05, 4.69) is 22.8 Å². The van der Waals surface area contributed by atoms with Gasteiger partial charge in [-0.2, -0.15) is 0 Å². The average molecular weight is 249 g/mol. The fraction of sp³-hybridized carbons (Fsp3) is 0.429. The Morgan fingerprint density at radius 2 is 2.18 bits per heavy atom. The van der Waals surface area contributed by atoms with Gasteiger partial charge >= 0.3 is 0 Å². The van der Waals surface area contributed by atoms with Crippen LogP contribution in [0, 0.1) is 0 Å². The van der Waals surface area contributed by atoms with Gasteiger partial charge in [0, 0.05) is 29.7 Å². The van der Waals surface area contributed by atoms with E-state index in [9.17, 15) is 0 Å². The molecule has 2 N–H and O–H groups in total. The number of aromatic nitrogens is 1. The highest BCUT2D eigenvalue weighted by Gasteiger charge is 2.37. The van der Waals surface area contributed by atoms with Crippen molar-refractivity contribution in [2.75, 3.05) is 0 Å². The molecule has 1 aliphatic carbocycles. The number of fused-ring (bicyclic) bond motifs is 1. The highest BCUT2D eigenvalue weighted by atomic mass is 35.5. The molecule has 0 atom stereocenters. The second-order valence-electron chi connectivity index (χ2n) is 5.26. The van der Waals surface area contributed by atoms with Crippen LogP contribution in [0.3, 0.4) is 0 Å². The number of aryl methyl sites for hydroxylation is 2. The third-order valence-electron chi connectivity index (χ3n) is 3.84. The van der Waals surface area contributed by atoms with Crippen molar-refractivity contribution < 1.29 is 0 Å². The van der Waals surface area contributed by atoms with Crippen LogP contribution in [-0.4, -0.2) is 10.1 Å². The van der Waals surface area contributed by atoms with Crippen LogP contribution in [0.4, 0.5) is 0 Å². The molecule has 1 aromatic heterocycles. The summed E-state index contributed by atoms with van der Waals surface area (Å²) in [7, 11) is 2.03. The number of benzene rings is 1. The van der Waals surface area contributed by atoms with Gasteiger partial charge in [0.05, 0.1) is 5.02 Å². The molecular weight excluding hydrogens is 232 g/mol. The zero-order chi connectivity index (χ0) is 12.0. The first-order valence-corrected chi connectivity index (χ1v) is 6.48. The first-order chi connectivity index (χ1) is 8.09. The quantitative estimate of drug-likeness (QED) is 0.888. The van der Waals surface area contributed by atoms with Crippen molar-refractivity contribution in [3.63, 3.8) is 0 Å². The van der Waals surface area contributed by atoms with Crippen LogP contribution in [0.5, 0.6) is 0 Å². The van der Waals surface area contributed by atoms with E-state index in [-0.39, 0.29) is 5.54 Å². The predicted molar refractivity (Wildman–Crippen MR) is 72.4 cm³/mol. The summed E-state index contributed by atoms with van der Waals surface area (Å²) in [5.41, 5.74) is 8.79. The number of rotatable bonds is 3. The summed E-state index contributed by atoms with van der Waals surface area (Å²) in [6.45, 7) is 0. The number of nitrogens with two attached hydrogens (primary N) is 1. The van der Waals surface area contributed by atoms with E-state index < -0.39 is 0 Å². The molecule has 17 heavy (non-hydrogen) atoms.